The Kier molecular flexibility index (Phi) is 4.49. The molecular formula is C19H26N4O3S. The molecule has 2 aromatic rings. The van der Waals surface area contributed by atoms with E-state index in [4.69, 9.17) is 4.98 Å². The summed E-state index contributed by atoms with van der Waals surface area (Å²) in [6.07, 6.45) is 2.70. The summed E-state index contributed by atoms with van der Waals surface area (Å²) in [5.74, 6) is 0.915. The maximum Gasteiger partial charge on any atom is 0.252 e. The van der Waals surface area contributed by atoms with Crippen LogP contribution in [0.3, 0.4) is 0 Å². The van der Waals surface area contributed by atoms with Crippen LogP contribution >= 0.6 is 0 Å². The Bertz CT molecular complexity index is 1010. The van der Waals surface area contributed by atoms with Gasteiger partial charge in [0.15, 0.2) is 15.5 Å². The van der Waals surface area contributed by atoms with Crippen molar-refractivity contribution in [3.8, 4) is 0 Å². The first-order chi connectivity index (χ1) is 12.7. The van der Waals surface area contributed by atoms with Crippen LogP contribution < -0.4 is 5.32 Å². The van der Waals surface area contributed by atoms with Crippen molar-refractivity contribution in [2.75, 3.05) is 18.1 Å². The van der Waals surface area contributed by atoms with E-state index in [-0.39, 0.29) is 23.5 Å². The molecule has 27 heavy (non-hydrogen) atoms. The molecule has 0 bridgehead atoms. The third kappa shape index (κ3) is 3.59. The summed E-state index contributed by atoms with van der Waals surface area (Å²) < 4.78 is 25.6. The van der Waals surface area contributed by atoms with Gasteiger partial charge < -0.3 is 5.32 Å². The number of aromatic nitrogens is 3. The number of carbonyl (C=O) groups excluding carboxylic acids is 1. The molecule has 0 spiro atoms. The second-order valence-electron chi connectivity index (χ2n) is 8.26. The monoisotopic (exact) mass is 390 g/mol. The van der Waals surface area contributed by atoms with Crippen molar-refractivity contribution in [1.29, 1.82) is 0 Å². The quantitative estimate of drug-likeness (QED) is 0.846. The van der Waals surface area contributed by atoms with Gasteiger partial charge in [-0.1, -0.05) is 13.8 Å². The molecule has 1 saturated heterocycles. The molecule has 0 aromatic carbocycles. The van der Waals surface area contributed by atoms with E-state index in [0.717, 1.165) is 29.6 Å². The van der Waals surface area contributed by atoms with Gasteiger partial charge in [-0.15, -0.1) is 0 Å². The Labute approximate surface area is 159 Å². The summed E-state index contributed by atoms with van der Waals surface area (Å²) in [5, 5.41) is 8.34. The van der Waals surface area contributed by atoms with Crippen molar-refractivity contribution in [2.24, 2.45) is 5.92 Å². The lowest BCUT2D eigenvalue weighted by Gasteiger charge is -2.12. The number of pyridine rings is 1. The van der Waals surface area contributed by atoms with E-state index < -0.39 is 9.84 Å². The molecule has 0 unspecified atom stereocenters. The summed E-state index contributed by atoms with van der Waals surface area (Å²) in [6.45, 7) is 6.58. The molecule has 8 heteroatoms. The van der Waals surface area contributed by atoms with Crippen LogP contribution in [0.5, 0.6) is 0 Å². The fraction of sp³-hybridized carbons (Fsp3) is 0.632. The van der Waals surface area contributed by atoms with Crippen LogP contribution in [0, 0.1) is 12.8 Å². The zero-order chi connectivity index (χ0) is 19.3. The van der Waals surface area contributed by atoms with Crippen LogP contribution in [0.1, 0.15) is 66.8 Å². The van der Waals surface area contributed by atoms with Crippen molar-refractivity contribution in [3.63, 3.8) is 0 Å². The van der Waals surface area contributed by atoms with Gasteiger partial charge in [0, 0.05) is 18.2 Å². The average Bonchev–Trinajstić information content (AvgIpc) is 3.32. The fourth-order valence-electron chi connectivity index (χ4n) is 3.71. The number of hydrogen-bond donors (Lipinski definition) is 1. The Hall–Kier alpha value is -1.96. The molecular weight excluding hydrogens is 364 g/mol. The van der Waals surface area contributed by atoms with Gasteiger partial charge in [0.25, 0.3) is 5.91 Å². The lowest BCUT2D eigenvalue weighted by molar-refractivity contribution is 0.0950. The maximum absolute atomic E-state index is 12.9. The number of aryl methyl sites for hydroxylation is 1. The Balaban J connectivity index is 1.82. The Morgan fingerprint density at radius 2 is 2.07 bits per heavy atom. The number of fused-ring (bicyclic) bond motifs is 1. The zero-order valence-electron chi connectivity index (χ0n) is 16.0. The first kappa shape index (κ1) is 18.4. The van der Waals surface area contributed by atoms with Gasteiger partial charge in [-0.2, -0.15) is 5.10 Å². The molecule has 1 amide bonds. The van der Waals surface area contributed by atoms with Gasteiger partial charge in [-0.05, 0) is 38.2 Å². The van der Waals surface area contributed by atoms with Crippen molar-refractivity contribution < 1.29 is 13.2 Å². The highest BCUT2D eigenvalue weighted by Gasteiger charge is 2.34. The molecule has 0 radical (unpaired) electrons. The molecule has 3 heterocycles. The summed E-state index contributed by atoms with van der Waals surface area (Å²) in [4.78, 5) is 17.7. The van der Waals surface area contributed by atoms with E-state index in [1.54, 1.807) is 4.68 Å². The number of amides is 1. The molecule has 1 aliphatic heterocycles. The van der Waals surface area contributed by atoms with Crippen LogP contribution in [0.4, 0.5) is 0 Å². The summed E-state index contributed by atoms with van der Waals surface area (Å²) >= 11 is 0. The number of nitrogens with zero attached hydrogens (tertiary/aromatic N) is 3. The van der Waals surface area contributed by atoms with Gasteiger partial charge in [0.1, 0.15) is 0 Å². The predicted octanol–water partition coefficient (Wildman–Crippen LogP) is 2.36. The van der Waals surface area contributed by atoms with E-state index >= 15 is 0 Å². The molecule has 7 nitrogen and oxygen atoms in total. The predicted molar refractivity (Wildman–Crippen MR) is 104 cm³/mol. The van der Waals surface area contributed by atoms with E-state index in [1.165, 1.54) is 0 Å². The summed E-state index contributed by atoms with van der Waals surface area (Å²) in [6, 6.07) is 1.69. The number of nitrogens with one attached hydrogen (secondary N) is 1. The number of sulfone groups is 1. The van der Waals surface area contributed by atoms with Gasteiger partial charge in [-0.3, -0.25) is 4.79 Å². The standard InChI is InChI=1S/C19H26N4O3S/c1-11(2)9-20-19(24)15-8-16(13-4-5-13)21-18-17(15)12(3)22-23(18)14-6-7-27(25,26)10-14/h8,11,13-14H,4-7,9-10H2,1-3H3,(H,20,24)/t14-/m1/s1. The second-order valence-corrected chi connectivity index (χ2v) is 10.5. The Morgan fingerprint density at radius 1 is 1.33 bits per heavy atom. The van der Waals surface area contributed by atoms with Crippen molar-refractivity contribution in [2.45, 2.75) is 52.0 Å². The fourth-order valence-corrected chi connectivity index (χ4v) is 5.41. The van der Waals surface area contributed by atoms with Crippen LogP contribution in [-0.4, -0.2) is 47.1 Å². The van der Waals surface area contributed by atoms with E-state index in [2.05, 4.69) is 24.3 Å². The minimum atomic E-state index is -3.03. The minimum Gasteiger partial charge on any atom is -0.352 e. The number of carbonyl (C=O) groups is 1. The van der Waals surface area contributed by atoms with Crippen molar-refractivity contribution >= 4 is 26.8 Å². The van der Waals surface area contributed by atoms with E-state index in [1.807, 2.05) is 13.0 Å². The van der Waals surface area contributed by atoms with E-state index in [0.29, 0.717) is 36.0 Å². The highest BCUT2D eigenvalue weighted by atomic mass is 32.2. The van der Waals surface area contributed by atoms with Gasteiger partial charge >= 0.3 is 0 Å². The lowest BCUT2D eigenvalue weighted by atomic mass is 10.1. The van der Waals surface area contributed by atoms with Crippen LogP contribution in [0.25, 0.3) is 11.0 Å². The molecule has 2 fully saturated rings. The van der Waals surface area contributed by atoms with Crippen molar-refractivity contribution in [3.05, 3.63) is 23.0 Å². The maximum atomic E-state index is 12.9. The summed E-state index contributed by atoms with van der Waals surface area (Å²) in [5.41, 5.74) is 2.89. The third-order valence-electron chi connectivity index (χ3n) is 5.32. The number of hydrogen-bond acceptors (Lipinski definition) is 5. The highest BCUT2D eigenvalue weighted by Crippen LogP contribution is 2.41. The first-order valence-electron chi connectivity index (χ1n) is 9.63. The van der Waals surface area contributed by atoms with E-state index in [9.17, 15) is 13.2 Å². The van der Waals surface area contributed by atoms with Crippen molar-refractivity contribution in [1.82, 2.24) is 20.1 Å². The minimum absolute atomic E-state index is 0.0907. The van der Waals surface area contributed by atoms with Gasteiger partial charge in [-0.25, -0.2) is 18.1 Å². The van der Waals surface area contributed by atoms with Gasteiger partial charge in [0.2, 0.25) is 0 Å². The molecule has 1 atom stereocenters. The van der Waals surface area contributed by atoms with Crippen LogP contribution in [-0.2, 0) is 9.84 Å². The van der Waals surface area contributed by atoms with Crippen LogP contribution in [0.2, 0.25) is 0 Å². The molecule has 146 valence electrons. The first-order valence-corrected chi connectivity index (χ1v) is 11.5. The zero-order valence-corrected chi connectivity index (χ0v) is 16.8. The average molecular weight is 391 g/mol. The number of rotatable bonds is 5. The molecule has 1 saturated carbocycles. The van der Waals surface area contributed by atoms with Crippen LogP contribution in [0.15, 0.2) is 6.07 Å². The summed E-state index contributed by atoms with van der Waals surface area (Å²) in [7, 11) is -3.03. The largest absolute Gasteiger partial charge is 0.352 e. The SMILES string of the molecule is Cc1nn([C@@H]2CCS(=O)(=O)C2)c2nc(C3CC3)cc(C(=O)NCC(C)C)c12. The second kappa shape index (κ2) is 6.58. The molecule has 4 rings (SSSR count). The topological polar surface area (TPSA) is 93.9 Å². The lowest BCUT2D eigenvalue weighted by Crippen LogP contribution is -2.27. The third-order valence-corrected chi connectivity index (χ3v) is 7.07. The normalized spacial score (nSPS) is 21.9. The molecule has 1 N–H and O–H groups in total. The molecule has 2 aliphatic rings. The Morgan fingerprint density at radius 3 is 2.67 bits per heavy atom. The smallest absolute Gasteiger partial charge is 0.252 e. The van der Waals surface area contributed by atoms with Gasteiger partial charge in [0.05, 0.1) is 34.2 Å². The highest BCUT2D eigenvalue weighted by molar-refractivity contribution is 7.91. The molecule has 1 aliphatic carbocycles. The molecule has 2 aromatic heterocycles.